The van der Waals surface area contributed by atoms with E-state index in [4.69, 9.17) is 0 Å². The van der Waals surface area contributed by atoms with Crippen LogP contribution in [0.15, 0.2) is 140 Å². The molecule has 0 bridgehead atoms. The largest absolute Gasteiger partial charge is 0.309 e. The molecule has 0 N–H and O–H groups in total. The molecule has 0 aliphatic heterocycles. The van der Waals surface area contributed by atoms with Gasteiger partial charge in [0.1, 0.15) is 0 Å². The van der Waals surface area contributed by atoms with Crippen molar-refractivity contribution < 1.29 is 0 Å². The highest BCUT2D eigenvalue weighted by Crippen LogP contribution is 2.38. The third-order valence-electron chi connectivity index (χ3n) is 7.66. The van der Waals surface area contributed by atoms with Crippen LogP contribution in [0.3, 0.4) is 0 Å². The first-order valence-corrected chi connectivity index (χ1v) is 13.5. The van der Waals surface area contributed by atoms with Crippen molar-refractivity contribution in [2.24, 2.45) is 0 Å². The van der Waals surface area contributed by atoms with E-state index in [1.54, 1.807) is 18.2 Å². The highest BCUT2D eigenvalue weighted by atomic mass is 15.0. The first kappa shape index (κ1) is 24.2. The molecule has 0 atom stereocenters. The Morgan fingerprint density at radius 2 is 0.976 bits per heavy atom. The Labute approximate surface area is 238 Å². The van der Waals surface area contributed by atoms with Gasteiger partial charge in [0.15, 0.2) is 0 Å². The Hall–Kier alpha value is -5.90. The van der Waals surface area contributed by atoms with Gasteiger partial charge in [-0.15, -0.1) is 0 Å². The third-order valence-corrected chi connectivity index (χ3v) is 7.66. The topological polar surface area (TPSA) is 52.5 Å². The lowest BCUT2D eigenvalue weighted by Crippen LogP contribution is -1.97. The zero-order valence-electron chi connectivity index (χ0n) is 22.1. The van der Waals surface area contributed by atoms with Crippen molar-refractivity contribution in [2.75, 3.05) is 0 Å². The first-order chi connectivity index (χ1) is 20.2. The molecule has 1 aromatic heterocycles. The van der Waals surface area contributed by atoms with E-state index < -0.39 is 0 Å². The van der Waals surface area contributed by atoms with Gasteiger partial charge in [-0.3, -0.25) is 0 Å². The second-order valence-electron chi connectivity index (χ2n) is 10.0. The van der Waals surface area contributed by atoms with Crippen LogP contribution >= 0.6 is 0 Å². The van der Waals surface area contributed by atoms with Gasteiger partial charge in [-0.2, -0.15) is 10.5 Å². The molecule has 0 aliphatic carbocycles. The zero-order chi connectivity index (χ0) is 27.8. The summed E-state index contributed by atoms with van der Waals surface area (Å²) in [6.07, 6.45) is 0. The lowest BCUT2D eigenvalue weighted by molar-refractivity contribution is 1.18. The fourth-order valence-corrected chi connectivity index (χ4v) is 5.79. The monoisotopic (exact) mass is 521 g/mol. The van der Waals surface area contributed by atoms with Crippen molar-refractivity contribution in [2.45, 2.75) is 0 Å². The molecule has 6 aromatic carbocycles. The number of fused-ring (bicyclic) bond motifs is 3. The maximum Gasteiger partial charge on any atom is 0.0998 e. The van der Waals surface area contributed by atoms with Gasteiger partial charge in [0, 0.05) is 22.0 Å². The number of nitrogens with zero attached hydrogens (tertiary/aromatic N) is 3. The van der Waals surface area contributed by atoms with Crippen LogP contribution in [0.25, 0.3) is 60.9 Å². The SMILES string of the molecule is N#Cc1cccc(C#N)c1-c1ccc2c3ccccc3n(-c3cc(-c4ccccc4)cc(-c4ccccc4)c3)c2c1. The van der Waals surface area contributed by atoms with E-state index in [0.717, 1.165) is 55.3 Å². The zero-order valence-corrected chi connectivity index (χ0v) is 22.1. The number of rotatable bonds is 4. The van der Waals surface area contributed by atoms with Crippen LogP contribution in [0.4, 0.5) is 0 Å². The van der Waals surface area contributed by atoms with Gasteiger partial charge in [0.25, 0.3) is 0 Å². The number of hydrogen-bond acceptors (Lipinski definition) is 2. The maximum absolute atomic E-state index is 9.87. The van der Waals surface area contributed by atoms with Gasteiger partial charge in [-0.05, 0) is 70.3 Å². The summed E-state index contributed by atoms with van der Waals surface area (Å²) >= 11 is 0. The normalized spacial score (nSPS) is 10.9. The van der Waals surface area contributed by atoms with Crippen LogP contribution in [0, 0.1) is 22.7 Å². The molecule has 41 heavy (non-hydrogen) atoms. The van der Waals surface area contributed by atoms with E-state index in [1.807, 2.05) is 18.2 Å². The molecule has 190 valence electrons. The molecule has 3 heteroatoms. The summed E-state index contributed by atoms with van der Waals surface area (Å²) in [6, 6.07) is 52.2. The number of nitriles is 2. The fraction of sp³-hybridized carbons (Fsp3) is 0. The molecular formula is C38H23N3. The summed E-state index contributed by atoms with van der Waals surface area (Å²) in [5, 5.41) is 22.0. The van der Waals surface area contributed by atoms with Gasteiger partial charge in [0.2, 0.25) is 0 Å². The molecule has 0 saturated carbocycles. The minimum Gasteiger partial charge on any atom is -0.309 e. The lowest BCUT2D eigenvalue weighted by atomic mass is 9.94. The average molecular weight is 522 g/mol. The molecule has 7 rings (SSSR count). The van der Waals surface area contributed by atoms with E-state index in [-0.39, 0.29) is 0 Å². The van der Waals surface area contributed by atoms with Gasteiger partial charge in [0.05, 0.1) is 34.3 Å². The fourth-order valence-electron chi connectivity index (χ4n) is 5.79. The summed E-state index contributed by atoms with van der Waals surface area (Å²) in [5.41, 5.74) is 10.2. The summed E-state index contributed by atoms with van der Waals surface area (Å²) in [6.45, 7) is 0. The predicted molar refractivity (Wildman–Crippen MR) is 167 cm³/mol. The molecule has 3 nitrogen and oxygen atoms in total. The second-order valence-corrected chi connectivity index (χ2v) is 10.0. The van der Waals surface area contributed by atoms with Gasteiger partial charge in [-0.1, -0.05) is 97.1 Å². The average Bonchev–Trinajstić information content (AvgIpc) is 3.38. The van der Waals surface area contributed by atoms with E-state index in [2.05, 4.69) is 120 Å². The molecule has 0 amide bonds. The second kappa shape index (κ2) is 10.0. The summed E-state index contributed by atoms with van der Waals surface area (Å²) in [4.78, 5) is 0. The standard InChI is InChI=1S/C38H23N3/c39-24-29-14-9-15-30(25-40)38(29)28-18-19-35-34-16-7-8-17-36(34)41(37(35)23-28)33-21-31(26-10-3-1-4-11-26)20-32(22-33)27-12-5-2-6-13-27/h1-23H. The summed E-state index contributed by atoms with van der Waals surface area (Å²) in [5.74, 6) is 0. The Kier molecular flexibility index (Phi) is 5.90. The van der Waals surface area contributed by atoms with Crippen LogP contribution < -0.4 is 0 Å². The number of aromatic nitrogens is 1. The van der Waals surface area contributed by atoms with Crippen LogP contribution in [0.2, 0.25) is 0 Å². The highest BCUT2D eigenvalue weighted by Gasteiger charge is 2.17. The van der Waals surface area contributed by atoms with E-state index in [9.17, 15) is 10.5 Å². The third kappa shape index (κ3) is 4.14. The summed E-state index contributed by atoms with van der Waals surface area (Å²) in [7, 11) is 0. The molecule has 0 unspecified atom stereocenters. The van der Waals surface area contributed by atoms with Gasteiger partial charge >= 0.3 is 0 Å². The minimum atomic E-state index is 0.489. The van der Waals surface area contributed by atoms with Crippen LogP contribution in [0.1, 0.15) is 11.1 Å². The van der Waals surface area contributed by atoms with Crippen LogP contribution in [-0.4, -0.2) is 4.57 Å². The van der Waals surface area contributed by atoms with Crippen molar-refractivity contribution in [3.8, 4) is 51.2 Å². The molecule has 1 heterocycles. The Balaban J connectivity index is 1.56. The Morgan fingerprint density at radius 3 is 1.59 bits per heavy atom. The molecule has 0 aliphatic rings. The van der Waals surface area contributed by atoms with Gasteiger partial charge < -0.3 is 4.57 Å². The molecule has 0 fully saturated rings. The molecule has 0 spiro atoms. The Morgan fingerprint density at radius 1 is 0.415 bits per heavy atom. The van der Waals surface area contributed by atoms with E-state index >= 15 is 0 Å². The summed E-state index contributed by atoms with van der Waals surface area (Å²) < 4.78 is 2.30. The van der Waals surface area contributed by atoms with Crippen molar-refractivity contribution in [1.82, 2.24) is 4.57 Å². The molecule has 0 radical (unpaired) electrons. The van der Waals surface area contributed by atoms with Crippen molar-refractivity contribution >= 4 is 21.8 Å². The quantitative estimate of drug-likeness (QED) is 0.232. The van der Waals surface area contributed by atoms with Crippen LogP contribution in [-0.2, 0) is 0 Å². The maximum atomic E-state index is 9.87. The lowest BCUT2D eigenvalue weighted by Gasteiger charge is -2.15. The van der Waals surface area contributed by atoms with Crippen molar-refractivity contribution in [3.63, 3.8) is 0 Å². The van der Waals surface area contributed by atoms with Crippen molar-refractivity contribution in [1.29, 1.82) is 10.5 Å². The smallest absolute Gasteiger partial charge is 0.0998 e. The molecule has 7 aromatic rings. The first-order valence-electron chi connectivity index (χ1n) is 13.5. The predicted octanol–water partition coefficient (Wildman–Crippen LogP) is 9.53. The van der Waals surface area contributed by atoms with E-state index in [1.165, 1.54) is 0 Å². The van der Waals surface area contributed by atoms with Gasteiger partial charge in [-0.25, -0.2) is 0 Å². The minimum absolute atomic E-state index is 0.489. The van der Waals surface area contributed by atoms with E-state index in [0.29, 0.717) is 16.7 Å². The Bertz CT molecular complexity index is 2070. The number of hydrogen-bond donors (Lipinski definition) is 0. The number of para-hydroxylation sites is 1. The molecular weight excluding hydrogens is 498 g/mol. The highest BCUT2D eigenvalue weighted by molar-refractivity contribution is 6.10. The van der Waals surface area contributed by atoms with Crippen molar-refractivity contribution in [3.05, 3.63) is 151 Å². The number of benzene rings is 6. The van der Waals surface area contributed by atoms with Crippen LogP contribution in [0.5, 0.6) is 0 Å². The molecule has 0 saturated heterocycles.